The molecule has 0 radical (unpaired) electrons. The minimum absolute atomic E-state index is 0.0341. The van der Waals surface area contributed by atoms with Crippen molar-refractivity contribution in [1.82, 2.24) is 9.71 Å². The molecule has 26 heavy (non-hydrogen) atoms. The second kappa shape index (κ2) is 9.56. The lowest BCUT2D eigenvalue weighted by Crippen LogP contribution is -2.09. The number of carboxylic acids is 1. The van der Waals surface area contributed by atoms with Crippen LogP contribution in [0, 0.1) is 0 Å². The Morgan fingerprint density at radius 1 is 1.27 bits per heavy atom. The molecule has 1 atom stereocenters. The molecule has 0 aliphatic carbocycles. The summed E-state index contributed by atoms with van der Waals surface area (Å²) in [5.41, 5.74) is 1.23. The standard InChI is InChI=1S/C17H16N2O3S2.C2H6/c1-10(19-24-13-5-3-4-11(8-13)17(20)21)16-18-14-7-6-12(22-2)9-15(14)23-16;1-2/h3-10,19H,1-2H3,(H,20,21);1-2H3. The predicted octanol–water partition coefficient (Wildman–Crippen LogP) is 5.39. The van der Waals surface area contributed by atoms with E-state index in [0.717, 1.165) is 25.9 Å². The van der Waals surface area contributed by atoms with Crippen LogP contribution in [0.3, 0.4) is 0 Å². The zero-order valence-electron chi connectivity index (χ0n) is 15.1. The maximum atomic E-state index is 11.0. The summed E-state index contributed by atoms with van der Waals surface area (Å²) in [5.74, 6) is -0.108. The number of hydrogen-bond acceptors (Lipinski definition) is 6. The summed E-state index contributed by atoms with van der Waals surface area (Å²) in [6.07, 6.45) is 0. The first kappa shape index (κ1) is 20.2. The van der Waals surface area contributed by atoms with Gasteiger partial charge in [-0.2, -0.15) is 0 Å². The number of hydrogen-bond donors (Lipinski definition) is 2. The van der Waals surface area contributed by atoms with E-state index in [1.165, 1.54) is 11.9 Å². The van der Waals surface area contributed by atoms with Crippen molar-refractivity contribution < 1.29 is 14.6 Å². The van der Waals surface area contributed by atoms with E-state index in [1.807, 2.05) is 45.0 Å². The van der Waals surface area contributed by atoms with Crippen LogP contribution in [0.1, 0.15) is 42.2 Å². The Balaban J connectivity index is 0.00000117. The minimum Gasteiger partial charge on any atom is -0.497 e. The fourth-order valence-electron chi connectivity index (χ4n) is 2.13. The molecule has 1 unspecified atom stereocenters. The van der Waals surface area contributed by atoms with Crippen molar-refractivity contribution >= 4 is 39.5 Å². The summed E-state index contributed by atoms with van der Waals surface area (Å²) in [4.78, 5) is 16.5. The second-order valence-electron chi connectivity index (χ2n) is 5.16. The van der Waals surface area contributed by atoms with Crippen LogP contribution >= 0.6 is 23.3 Å². The summed E-state index contributed by atoms with van der Waals surface area (Å²) >= 11 is 3.02. The Kier molecular flexibility index (Phi) is 7.44. The second-order valence-corrected chi connectivity index (χ2v) is 7.13. The molecule has 1 aromatic heterocycles. The highest BCUT2D eigenvalue weighted by atomic mass is 32.2. The molecule has 3 rings (SSSR count). The third-order valence-electron chi connectivity index (χ3n) is 3.42. The smallest absolute Gasteiger partial charge is 0.335 e. The first-order valence-electron chi connectivity index (χ1n) is 8.27. The van der Waals surface area contributed by atoms with Gasteiger partial charge in [0.05, 0.1) is 28.9 Å². The van der Waals surface area contributed by atoms with Gasteiger partial charge in [-0.15, -0.1) is 11.3 Å². The van der Waals surface area contributed by atoms with E-state index in [-0.39, 0.29) is 11.6 Å². The number of ether oxygens (including phenoxy) is 1. The molecule has 0 aliphatic heterocycles. The number of carbonyl (C=O) groups is 1. The van der Waals surface area contributed by atoms with Crippen LogP contribution in [0.4, 0.5) is 0 Å². The molecule has 0 saturated carbocycles. The van der Waals surface area contributed by atoms with Crippen LogP contribution in [0.15, 0.2) is 47.4 Å². The zero-order chi connectivity index (χ0) is 19.1. The highest BCUT2D eigenvalue weighted by Gasteiger charge is 2.13. The van der Waals surface area contributed by atoms with E-state index in [0.29, 0.717) is 0 Å². The van der Waals surface area contributed by atoms with Gasteiger partial charge in [0.1, 0.15) is 10.8 Å². The van der Waals surface area contributed by atoms with Crippen molar-refractivity contribution in [3.8, 4) is 5.75 Å². The minimum atomic E-state index is -0.925. The predicted molar refractivity (Wildman–Crippen MR) is 108 cm³/mol. The molecule has 0 spiro atoms. The molecule has 3 aromatic rings. The Morgan fingerprint density at radius 3 is 2.73 bits per heavy atom. The number of rotatable bonds is 6. The molecule has 2 aromatic carbocycles. The molecule has 0 saturated heterocycles. The normalized spacial score (nSPS) is 11.5. The van der Waals surface area contributed by atoms with E-state index in [4.69, 9.17) is 9.84 Å². The molecular formula is C19H22N2O3S2. The van der Waals surface area contributed by atoms with Gasteiger partial charge in [0.15, 0.2) is 0 Å². The molecule has 1 heterocycles. The van der Waals surface area contributed by atoms with E-state index >= 15 is 0 Å². The van der Waals surface area contributed by atoms with Crippen molar-refractivity contribution in [3.63, 3.8) is 0 Å². The van der Waals surface area contributed by atoms with Crippen molar-refractivity contribution in [2.24, 2.45) is 0 Å². The number of aromatic carboxylic acids is 1. The number of carboxylic acid groups (broad SMARTS) is 1. The number of aromatic nitrogens is 1. The number of nitrogens with zero attached hydrogens (tertiary/aromatic N) is 1. The van der Waals surface area contributed by atoms with Gasteiger partial charge >= 0.3 is 5.97 Å². The summed E-state index contributed by atoms with van der Waals surface area (Å²) in [6.45, 7) is 6.03. The van der Waals surface area contributed by atoms with E-state index in [2.05, 4.69) is 9.71 Å². The van der Waals surface area contributed by atoms with Crippen LogP contribution in [-0.4, -0.2) is 23.2 Å². The average molecular weight is 391 g/mol. The van der Waals surface area contributed by atoms with Gasteiger partial charge in [-0.05, 0) is 55.3 Å². The zero-order valence-corrected chi connectivity index (χ0v) is 16.8. The lowest BCUT2D eigenvalue weighted by atomic mass is 10.2. The van der Waals surface area contributed by atoms with Gasteiger partial charge in [0, 0.05) is 4.90 Å². The third kappa shape index (κ3) is 4.97. The highest BCUT2D eigenvalue weighted by Crippen LogP contribution is 2.30. The number of methoxy groups -OCH3 is 1. The Hall–Kier alpha value is -2.09. The maximum absolute atomic E-state index is 11.0. The molecule has 0 bridgehead atoms. The number of fused-ring (bicyclic) bond motifs is 1. The summed E-state index contributed by atoms with van der Waals surface area (Å²) < 4.78 is 9.63. The van der Waals surface area contributed by atoms with Crippen LogP contribution in [0.25, 0.3) is 10.2 Å². The molecule has 2 N–H and O–H groups in total. The van der Waals surface area contributed by atoms with Crippen molar-refractivity contribution in [2.75, 3.05) is 7.11 Å². The molecule has 138 valence electrons. The summed E-state index contributed by atoms with van der Waals surface area (Å²) in [6, 6.07) is 12.7. The van der Waals surface area contributed by atoms with Gasteiger partial charge in [-0.3, -0.25) is 4.72 Å². The quantitative estimate of drug-likeness (QED) is 0.550. The van der Waals surface area contributed by atoms with Crippen LogP contribution in [-0.2, 0) is 0 Å². The van der Waals surface area contributed by atoms with Gasteiger partial charge in [-0.25, -0.2) is 9.78 Å². The Bertz CT molecular complexity index is 880. The number of nitrogens with one attached hydrogen (secondary N) is 1. The van der Waals surface area contributed by atoms with Gasteiger partial charge < -0.3 is 9.84 Å². The Morgan fingerprint density at radius 2 is 2.04 bits per heavy atom. The topological polar surface area (TPSA) is 71.5 Å². The van der Waals surface area contributed by atoms with Gasteiger partial charge in [0.25, 0.3) is 0 Å². The number of thiazole rings is 1. The monoisotopic (exact) mass is 390 g/mol. The molecule has 0 fully saturated rings. The fourth-order valence-corrected chi connectivity index (χ4v) is 3.96. The van der Waals surface area contributed by atoms with Crippen LogP contribution in [0.5, 0.6) is 5.75 Å². The van der Waals surface area contributed by atoms with Crippen molar-refractivity contribution in [3.05, 3.63) is 53.0 Å². The fraction of sp³-hybridized carbons (Fsp3) is 0.263. The van der Waals surface area contributed by atoms with E-state index in [1.54, 1.807) is 36.6 Å². The maximum Gasteiger partial charge on any atom is 0.335 e. The molecule has 7 heteroatoms. The first-order chi connectivity index (χ1) is 12.6. The van der Waals surface area contributed by atoms with E-state index in [9.17, 15) is 4.79 Å². The largest absolute Gasteiger partial charge is 0.497 e. The van der Waals surface area contributed by atoms with Gasteiger partial charge in [-0.1, -0.05) is 19.9 Å². The number of benzene rings is 2. The SMILES string of the molecule is CC.COc1ccc2nc(C(C)NSc3cccc(C(=O)O)c3)sc2c1. The molecule has 5 nitrogen and oxygen atoms in total. The highest BCUT2D eigenvalue weighted by molar-refractivity contribution is 7.97. The molecule has 0 amide bonds. The lowest BCUT2D eigenvalue weighted by molar-refractivity contribution is 0.0696. The van der Waals surface area contributed by atoms with Crippen molar-refractivity contribution in [1.29, 1.82) is 0 Å². The summed E-state index contributed by atoms with van der Waals surface area (Å²) in [7, 11) is 1.65. The van der Waals surface area contributed by atoms with Crippen LogP contribution < -0.4 is 9.46 Å². The average Bonchev–Trinajstić information content (AvgIpc) is 3.11. The van der Waals surface area contributed by atoms with Gasteiger partial charge in [0.2, 0.25) is 0 Å². The first-order valence-corrected chi connectivity index (χ1v) is 9.90. The summed E-state index contributed by atoms with van der Waals surface area (Å²) in [5, 5.41) is 10.0. The van der Waals surface area contributed by atoms with Crippen LogP contribution in [0.2, 0.25) is 0 Å². The Labute approximate surface area is 161 Å². The third-order valence-corrected chi connectivity index (χ3v) is 5.58. The molecule has 0 aliphatic rings. The van der Waals surface area contributed by atoms with Crippen molar-refractivity contribution in [2.45, 2.75) is 31.7 Å². The molecular weight excluding hydrogens is 368 g/mol. The lowest BCUT2D eigenvalue weighted by Gasteiger charge is -2.10. The van der Waals surface area contributed by atoms with E-state index < -0.39 is 5.97 Å².